The van der Waals surface area contributed by atoms with Crippen molar-refractivity contribution in [1.82, 2.24) is 9.14 Å². The number of nitrogens with zero attached hydrogens (tertiary/aromatic N) is 2. The molecule has 29 heavy (non-hydrogen) atoms. The quantitative estimate of drug-likeness (QED) is 0.557. The molecule has 0 aromatic heterocycles. The second kappa shape index (κ2) is 8.25. The Balaban J connectivity index is 1.79. The van der Waals surface area contributed by atoms with Gasteiger partial charge in [-0.1, -0.05) is 24.3 Å². The molecule has 2 aromatic rings. The van der Waals surface area contributed by atoms with Crippen LogP contribution in [0.1, 0.15) is 36.5 Å². The standard InChI is InChI=1S/C20H25N3O4S2/c1-15-6-7-16(2)20(14-15)28(24,25)22-21-17(3)18-8-10-19(11-9-18)29(26,27)23-12-4-5-13-23/h6-11,14,22H,4-5,12-13H2,1-3H3/b21-17+. The number of hydrazone groups is 1. The molecule has 0 radical (unpaired) electrons. The van der Waals surface area contributed by atoms with Crippen molar-refractivity contribution in [2.24, 2.45) is 5.10 Å². The minimum absolute atomic E-state index is 0.182. The average Bonchev–Trinajstić information content (AvgIpc) is 3.24. The molecule has 1 aliphatic heterocycles. The van der Waals surface area contributed by atoms with Gasteiger partial charge >= 0.3 is 0 Å². The Kier molecular flexibility index (Phi) is 6.11. The Bertz CT molecular complexity index is 1130. The first-order valence-corrected chi connectivity index (χ1v) is 12.3. The van der Waals surface area contributed by atoms with Gasteiger partial charge in [0, 0.05) is 13.1 Å². The maximum atomic E-state index is 12.6. The summed E-state index contributed by atoms with van der Waals surface area (Å²) in [5.41, 5.74) is 2.54. The van der Waals surface area contributed by atoms with E-state index in [1.54, 1.807) is 38.1 Å². The van der Waals surface area contributed by atoms with Crippen LogP contribution < -0.4 is 4.83 Å². The summed E-state index contributed by atoms with van der Waals surface area (Å²) in [5.74, 6) is 0. The van der Waals surface area contributed by atoms with Gasteiger partial charge in [-0.15, -0.1) is 0 Å². The van der Waals surface area contributed by atoms with E-state index in [0.29, 0.717) is 29.9 Å². The van der Waals surface area contributed by atoms with E-state index in [9.17, 15) is 16.8 Å². The van der Waals surface area contributed by atoms with E-state index in [-0.39, 0.29) is 9.79 Å². The molecule has 7 nitrogen and oxygen atoms in total. The third kappa shape index (κ3) is 4.68. The third-order valence-corrected chi connectivity index (χ3v) is 8.20. The Morgan fingerprint density at radius 1 is 0.966 bits per heavy atom. The molecule has 9 heteroatoms. The molecule has 156 valence electrons. The van der Waals surface area contributed by atoms with Gasteiger partial charge in [0.15, 0.2) is 0 Å². The minimum atomic E-state index is -3.80. The van der Waals surface area contributed by atoms with E-state index < -0.39 is 20.0 Å². The highest BCUT2D eigenvalue weighted by molar-refractivity contribution is 7.89. The molecule has 0 amide bonds. The molecule has 1 saturated heterocycles. The SMILES string of the molecule is C/C(=N\NS(=O)(=O)c1cc(C)ccc1C)c1ccc(S(=O)(=O)N2CCCC2)cc1. The lowest BCUT2D eigenvalue weighted by Crippen LogP contribution is -2.27. The Morgan fingerprint density at radius 2 is 1.59 bits per heavy atom. The predicted octanol–water partition coefficient (Wildman–Crippen LogP) is 2.79. The van der Waals surface area contributed by atoms with Crippen molar-refractivity contribution in [1.29, 1.82) is 0 Å². The van der Waals surface area contributed by atoms with Gasteiger partial charge in [0.2, 0.25) is 10.0 Å². The van der Waals surface area contributed by atoms with Gasteiger partial charge in [0.1, 0.15) is 0 Å². The van der Waals surface area contributed by atoms with Crippen LogP contribution in [0.15, 0.2) is 57.4 Å². The first-order chi connectivity index (χ1) is 13.6. The lowest BCUT2D eigenvalue weighted by Gasteiger charge is -2.15. The smallest absolute Gasteiger partial charge is 0.207 e. The van der Waals surface area contributed by atoms with Crippen molar-refractivity contribution in [3.63, 3.8) is 0 Å². The van der Waals surface area contributed by atoms with Crippen LogP contribution in [0.5, 0.6) is 0 Å². The number of nitrogens with one attached hydrogen (secondary N) is 1. The Morgan fingerprint density at radius 3 is 2.21 bits per heavy atom. The molecule has 0 bridgehead atoms. The van der Waals surface area contributed by atoms with E-state index in [1.165, 1.54) is 16.4 Å². The summed E-state index contributed by atoms with van der Waals surface area (Å²) in [6, 6.07) is 11.5. The van der Waals surface area contributed by atoms with Gasteiger partial charge in [-0.05, 0) is 68.5 Å². The molecule has 3 rings (SSSR count). The Hall–Kier alpha value is -2.23. The van der Waals surface area contributed by atoms with Crippen LogP contribution in [-0.2, 0) is 20.0 Å². The molecular weight excluding hydrogens is 410 g/mol. The van der Waals surface area contributed by atoms with Gasteiger partial charge < -0.3 is 0 Å². The summed E-state index contributed by atoms with van der Waals surface area (Å²) in [4.78, 5) is 2.68. The molecule has 0 atom stereocenters. The lowest BCUT2D eigenvalue weighted by molar-refractivity contribution is 0.477. The van der Waals surface area contributed by atoms with Crippen molar-refractivity contribution < 1.29 is 16.8 Å². The fraction of sp³-hybridized carbons (Fsp3) is 0.350. The summed E-state index contributed by atoms with van der Waals surface area (Å²) in [7, 11) is -7.28. The molecule has 1 N–H and O–H groups in total. The van der Waals surface area contributed by atoms with Gasteiger partial charge in [0.25, 0.3) is 10.0 Å². The largest absolute Gasteiger partial charge is 0.276 e. The number of rotatable bonds is 6. The molecule has 0 saturated carbocycles. The van der Waals surface area contributed by atoms with Crippen molar-refractivity contribution in [3.05, 3.63) is 59.2 Å². The first-order valence-electron chi connectivity index (χ1n) is 9.35. The normalized spacial score (nSPS) is 16.2. The van der Waals surface area contributed by atoms with Gasteiger partial charge in [0.05, 0.1) is 15.5 Å². The molecule has 1 heterocycles. The van der Waals surface area contributed by atoms with Gasteiger partial charge in [-0.25, -0.2) is 8.42 Å². The second-order valence-electron chi connectivity index (χ2n) is 7.20. The van der Waals surface area contributed by atoms with Crippen LogP contribution in [0, 0.1) is 13.8 Å². The fourth-order valence-electron chi connectivity index (χ4n) is 3.18. The van der Waals surface area contributed by atoms with Crippen LogP contribution >= 0.6 is 0 Å². The highest BCUT2D eigenvalue weighted by atomic mass is 32.2. The van der Waals surface area contributed by atoms with E-state index >= 15 is 0 Å². The molecule has 0 aliphatic carbocycles. The summed E-state index contributed by atoms with van der Waals surface area (Å²) in [6.07, 6.45) is 1.76. The number of sulfonamides is 2. The van der Waals surface area contributed by atoms with Crippen LogP contribution in [0.25, 0.3) is 0 Å². The zero-order valence-corrected chi connectivity index (χ0v) is 18.3. The predicted molar refractivity (Wildman–Crippen MR) is 113 cm³/mol. The number of aryl methyl sites for hydroxylation is 2. The highest BCUT2D eigenvalue weighted by Gasteiger charge is 2.27. The maximum absolute atomic E-state index is 12.6. The van der Waals surface area contributed by atoms with Crippen LogP contribution in [-0.4, -0.2) is 39.9 Å². The second-order valence-corrected chi connectivity index (χ2v) is 10.8. The van der Waals surface area contributed by atoms with Gasteiger partial charge in [-0.2, -0.15) is 22.7 Å². The summed E-state index contributed by atoms with van der Waals surface area (Å²) >= 11 is 0. The van der Waals surface area contributed by atoms with Crippen molar-refractivity contribution in [2.75, 3.05) is 13.1 Å². The first kappa shape index (κ1) is 21.5. The molecule has 0 spiro atoms. The average molecular weight is 436 g/mol. The summed E-state index contributed by atoms with van der Waals surface area (Å²) < 4.78 is 51.8. The van der Waals surface area contributed by atoms with Crippen LogP contribution in [0.2, 0.25) is 0 Å². The number of hydrogen-bond acceptors (Lipinski definition) is 5. The van der Waals surface area contributed by atoms with Crippen LogP contribution in [0.4, 0.5) is 0 Å². The molecular formula is C20H25N3O4S2. The molecule has 1 fully saturated rings. The summed E-state index contributed by atoms with van der Waals surface area (Å²) in [6.45, 7) is 6.31. The highest BCUT2D eigenvalue weighted by Crippen LogP contribution is 2.21. The molecule has 1 aliphatic rings. The fourth-order valence-corrected chi connectivity index (χ4v) is 5.89. The van der Waals surface area contributed by atoms with Crippen molar-refractivity contribution in [3.8, 4) is 0 Å². The van der Waals surface area contributed by atoms with E-state index in [1.807, 2.05) is 13.0 Å². The number of hydrogen-bond donors (Lipinski definition) is 1. The van der Waals surface area contributed by atoms with E-state index in [4.69, 9.17) is 0 Å². The zero-order valence-electron chi connectivity index (χ0n) is 16.7. The zero-order chi connectivity index (χ0) is 21.2. The topological polar surface area (TPSA) is 95.9 Å². The van der Waals surface area contributed by atoms with E-state index in [2.05, 4.69) is 9.93 Å². The molecule has 2 aromatic carbocycles. The van der Waals surface area contributed by atoms with Crippen LogP contribution in [0.3, 0.4) is 0 Å². The van der Waals surface area contributed by atoms with E-state index in [0.717, 1.165) is 18.4 Å². The Labute approximate surface area is 172 Å². The van der Waals surface area contributed by atoms with Crippen molar-refractivity contribution >= 4 is 25.8 Å². The maximum Gasteiger partial charge on any atom is 0.276 e. The molecule has 0 unspecified atom stereocenters. The summed E-state index contributed by atoms with van der Waals surface area (Å²) in [5, 5.41) is 4.00. The lowest BCUT2D eigenvalue weighted by atomic mass is 10.1. The third-order valence-electron chi connectivity index (χ3n) is 4.94. The minimum Gasteiger partial charge on any atom is -0.207 e. The van der Waals surface area contributed by atoms with Gasteiger partial charge in [-0.3, -0.25) is 0 Å². The van der Waals surface area contributed by atoms with Crippen molar-refractivity contribution in [2.45, 2.75) is 43.4 Å². The number of benzene rings is 2. The monoisotopic (exact) mass is 435 g/mol.